The van der Waals surface area contributed by atoms with Gasteiger partial charge < -0.3 is 24.7 Å². The lowest BCUT2D eigenvalue weighted by Crippen LogP contribution is -2.57. The summed E-state index contributed by atoms with van der Waals surface area (Å²) in [6, 6.07) is 2.71. The number of piperazine rings is 1. The molecule has 3 aromatic rings. The van der Waals surface area contributed by atoms with Crippen LogP contribution >= 0.6 is 23.2 Å². The van der Waals surface area contributed by atoms with Crippen molar-refractivity contribution in [2.75, 3.05) is 45.0 Å². The van der Waals surface area contributed by atoms with Crippen LogP contribution in [0.4, 0.5) is 15.0 Å². The number of anilines is 1. The molecule has 0 bridgehead atoms. The molecule has 4 heterocycles. The first-order valence-corrected chi connectivity index (χ1v) is 14.1. The zero-order chi connectivity index (χ0) is 28.8. The largest absolute Gasteiger partial charge is 0.478 e. The van der Waals surface area contributed by atoms with Crippen LogP contribution in [0.5, 0.6) is 5.75 Å². The Morgan fingerprint density at radius 2 is 1.88 bits per heavy atom. The molecule has 2 N–H and O–H groups in total. The predicted molar refractivity (Wildman–Crippen MR) is 156 cm³/mol. The molecular formula is C29H34Cl2FN5O3. The molecule has 0 aliphatic carbocycles. The van der Waals surface area contributed by atoms with Gasteiger partial charge in [0.1, 0.15) is 11.9 Å². The second kappa shape index (κ2) is 11.1. The molecule has 11 heteroatoms. The average Bonchev–Trinajstić information content (AvgIpc) is 3.36. The fraction of sp³-hybridized carbons (Fsp3) is 0.448. The van der Waals surface area contributed by atoms with Gasteiger partial charge in [0.15, 0.2) is 11.4 Å². The first-order valence-electron chi connectivity index (χ1n) is 13.4. The SMILES string of the molecule is C[C@@H](Oc1c(N)ncc2c(C3=CCN(C(=O)N4CCN(C(C)(C)C)CC4)CC3)coc12)c1c(Cl)ccc(F)c1Cl. The van der Waals surface area contributed by atoms with Crippen molar-refractivity contribution in [3.63, 3.8) is 0 Å². The second-order valence-corrected chi connectivity index (χ2v) is 12.0. The van der Waals surface area contributed by atoms with Gasteiger partial charge in [0.05, 0.1) is 16.7 Å². The fourth-order valence-corrected chi connectivity index (χ4v) is 6.03. The van der Waals surface area contributed by atoms with Crippen molar-refractivity contribution in [2.24, 2.45) is 0 Å². The van der Waals surface area contributed by atoms with Crippen LogP contribution in [0.3, 0.4) is 0 Å². The summed E-state index contributed by atoms with van der Waals surface area (Å²) in [6.07, 6.45) is 5.31. The van der Waals surface area contributed by atoms with E-state index in [1.54, 1.807) is 19.4 Å². The van der Waals surface area contributed by atoms with Crippen molar-refractivity contribution >= 4 is 51.6 Å². The highest BCUT2D eigenvalue weighted by molar-refractivity contribution is 6.36. The number of pyridine rings is 1. The number of hydrogen-bond acceptors (Lipinski definition) is 6. The number of urea groups is 1. The first kappa shape index (κ1) is 28.5. The maximum atomic E-state index is 14.1. The molecule has 2 amide bonds. The quantitative estimate of drug-likeness (QED) is 0.344. The van der Waals surface area contributed by atoms with Crippen LogP contribution in [0, 0.1) is 5.82 Å². The number of nitrogens with two attached hydrogens (primary N) is 1. The van der Waals surface area contributed by atoms with E-state index in [2.05, 4.69) is 36.7 Å². The summed E-state index contributed by atoms with van der Waals surface area (Å²) in [7, 11) is 0. The van der Waals surface area contributed by atoms with Gasteiger partial charge in [0.25, 0.3) is 0 Å². The average molecular weight is 591 g/mol. The first-order chi connectivity index (χ1) is 19.0. The molecule has 1 atom stereocenters. The third-order valence-electron chi connectivity index (χ3n) is 7.71. The van der Waals surface area contributed by atoms with Gasteiger partial charge in [-0.2, -0.15) is 0 Å². The Morgan fingerprint density at radius 3 is 2.52 bits per heavy atom. The van der Waals surface area contributed by atoms with Crippen LogP contribution in [0.15, 0.2) is 35.1 Å². The maximum Gasteiger partial charge on any atom is 0.320 e. The van der Waals surface area contributed by atoms with E-state index in [0.29, 0.717) is 30.7 Å². The van der Waals surface area contributed by atoms with Gasteiger partial charge in [-0.25, -0.2) is 14.2 Å². The zero-order valence-electron chi connectivity index (χ0n) is 23.1. The lowest BCUT2D eigenvalue weighted by molar-refractivity contribution is 0.0649. The number of nitrogen functional groups attached to an aromatic ring is 1. The number of fused-ring (bicyclic) bond motifs is 1. The highest BCUT2D eigenvalue weighted by Crippen LogP contribution is 2.41. The van der Waals surface area contributed by atoms with Crippen LogP contribution in [-0.4, -0.2) is 70.5 Å². The van der Waals surface area contributed by atoms with E-state index in [0.717, 1.165) is 42.7 Å². The van der Waals surface area contributed by atoms with E-state index in [4.69, 9.17) is 38.1 Å². The van der Waals surface area contributed by atoms with E-state index < -0.39 is 11.9 Å². The van der Waals surface area contributed by atoms with Crippen molar-refractivity contribution in [3.8, 4) is 5.75 Å². The van der Waals surface area contributed by atoms with Crippen LogP contribution in [0.2, 0.25) is 10.0 Å². The lowest BCUT2D eigenvalue weighted by Gasteiger charge is -2.43. The summed E-state index contributed by atoms with van der Waals surface area (Å²) in [4.78, 5) is 23.8. The fourth-order valence-electron chi connectivity index (χ4n) is 5.35. The third-order valence-corrected chi connectivity index (χ3v) is 8.42. The molecule has 1 aromatic carbocycles. The Labute approximate surface area is 243 Å². The smallest absolute Gasteiger partial charge is 0.320 e. The number of furan rings is 1. The minimum absolute atomic E-state index is 0.0784. The van der Waals surface area contributed by atoms with Crippen molar-refractivity contribution in [1.29, 1.82) is 0 Å². The molecule has 2 aliphatic rings. The minimum atomic E-state index is -0.724. The highest BCUT2D eigenvalue weighted by Gasteiger charge is 2.31. The molecule has 214 valence electrons. The van der Waals surface area contributed by atoms with Gasteiger partial charge in [-0.1, -0.05) is 29.3 Å². The Balaban J connectivity index is 1.32. The number of ether oxygens (including phenoxy) is 1. The molecule has 1 saturated heterocycles. The van der Waals surface area contributed by atoms with Gasteiger partial charge in [-0.15, -0.1) is 0 Å². The normalized spacial score (nSPS) is 17.7. The van der Waals surface area contributed by atoms with E-state index in [1.165, 1.54) is 12.1 Å². The number of benzene rings is 1. The molecule has 5 rings (SSSR count). The number of halogens is 3. The number of aromatic nitrogens is 1. The number of nitrogens with zero attached hydrogens (tertiary/aromatic N) is 4. The van der Waals surface area contributed by atoms with Gasteiger partial charge in [-0.05, 0) is 51.8 Å². The molecule has 2 aromatic heterocycles. The van der Waals surface area contributed by atoms with Gasteiger partial charge in [-0.3, -0.25) is 4.90 Å². The van der Waals surface area contributed by atoms with Crippen molar-refractivity contribution in [1.82, 2.24) is 19.7 Å². The van der Waals surface area contributed by atoms with Crippen LogP contribution < -0.4 is 10.5 Å². The summed E-state index contributed by atoms with van der Waals surface area (Å²) >= 11 is 12.5. The van der Waals surface area contributed by atoms with Crippen LogP contribution in [-0.2, 0) is 0 Å². The number of rotatable bonds is 4. The van der Waals surface area contributed by atoms with E-state index >= 15 is 0 Å². The molecular weight excluding hydrogens is 556 g/mol. The number of carbonyl (C=O) groups is 1. The number of hydrogen-bond donors (Lipinski definition) is 1. The maximum absolute atomic E-state index is 14.1. The Bertz CT molecular complexity index is 1460. The molecule has 0 spiro atoms. The van der Waals surface area contributed by atoms with Gasteiger partial charge in [0, 0.05) is 67.2 Å². The van der Waals surface area contributed by atoms with Crippen LogP contribution in [0.1, 0.15) is 51.3 Å². The summed E-state index contributed by atoms with van der Waals surface area (Å²) in [5.74, 6) is -0.231. The second-order valence-electron chi connectivity index (χ2n) is 11.2. The predicted octanol–water partition coefficient (Wildman–Crippen LogP) is 6.62. The highest BCUT2D eigenvalue weighted by atomic mass is 35.5. The topological polar surface area (TPSA) is 88.1 Å². The summed E-state index contributed by atoms with van der Waals surface area (Å²) < 4.78 is 26.1. The summed E-state index contributed by atoms with van der Waals surface area (Å²) in [5.41, 5.74) is 8.93. The number of carbonyl (C=O) groups excluding carboxylic acids is 1. The van der Waals surface area contributed by atoms with Crippen molar-refractivity contribution in [2.45, 2.75) is 45.8 Å². The van der Waals surface area contributed by atoms with E-state index in [9.17, 15) is 9.18 Å². The molecule has 0 saturated carbocycles. The minimum Gasteiger partial charge on any atom is -0.478 e. The standard InChI is InChI=1S/C29H34Cl2FN5O3/c1-17(23-21(30)5-6-22(32)24(23)31)40-26-25-19(15-34-27(26)33)20(16-39-25)18-7-9-35(10-8-18)28(38)36-11-13-37(14-12-36)29(2,3)4/h5-7,15-17H,8-14H2,1-4H3,(H2,33,34)/t17-/m1/s1. The van der Waals surface area contributed by atoms with Crippen LogP contribution in [0.25, 0.3) is 16.5 Å². The van der Waals surface area contributed by atoms with Crippen molar-refractivity contribution in [3.05, 3.63) is 57.7 Å². The zero-order valence-corrected chi connectivity index (χ0v) is 24.7. The molecule has 40 heavy (non-hydrogen) atoms. The number of amides is 2. The molecule has 1 fully saturated rings. The van der Waals surface area contributed by atoms with Crippen molar-refractivity contribution < 1.29 is 18.3 Å². The van der Waals surface area contributed by atoms with Gasteiger partial charge >= 0.3 is 6.03 Å². The Morgan fingerprint density at radius 1 is 1.15 bits per heavy atom. The lowest BCUT2D eigenvalue weighted by atomic mass is 9.99. The third kappa shape index (κ3) is 5.47. The molecule has 0 radical (unpaired) electrons. The molecule has 0 unspecified atom stereocenters. The Hall–Kier alpha value is -3.01. The Kier molecular flexibility index (Phi) is 7.92. The van der Waals surface area contributed by atoms with E-state index in [-0.39, 0.29) is 33.2 Å². The molecule has 8 nitrogen and oxygen atoms in total. The summed E-state index contributed by atoms with van der Waals surface area (Å²) in [6.45, 7) is 12.7. The van der Waals surface area contributed by atoms with E-state index in [1.807, 2.05) is 9.80 Å². The summed E-state index contributed by atoms with van der Waals surface area (Å²) in [5, 5.41) is 0.902. The van der Waals surface area contributed by atoms with Gasteiger partial charge in [0.2, 0.25) is 5.75 Å². The molecule has 2 aliphatic heterocycles. The monoisotopic (exact) mass is 589 g/mol.